The van der Waals surface area contributed by atoms with E-state index in [2.05, 4.69) is 15.5 Å². The quantitative estimate of drug-likeness (QED) is 0.352. The summed E-state index contributed by atoms with van der Waals surface area (Å²) in [4.78, 5) is 37.8. The van der Waals surface area contributed by atoms with Crippen molar-refractivity contribution >= 4 is 45.5 Å². The van der Waals surface area contributed by atoms with E-state index in [1.807, 2.05) is 38.1 Å². The average molecular weight is 477 g/mol. The number of nitrogens with zero attached hydrogens (tertiary/aromatic N) is 4. The van der Waals surface area contributed by atoms with E-state index in [0.717, 1.165) is 27.8 Å². The van der Waals surface area contributed by atoms with E-state index in [4.69, 9.17) is 10.5 Å². The number of nitrogens with one attached hydrogen (secondary N) is 1. The van der Waals surface area contributed by atoms with E-state index < -0.39 is 17.0 Å². The summed E-state index contributed by atoms with van der Waals surface area (Å²) in [5, 5.41) is 11.8. The van der Waals surface area contributed by atoms with E-state index >= 15 is 0 Å². The number of anilines is 3. The minimum absolute atomic E-state index is 0.0590. The number of carbonyl (C=O) groups is 1. The first kappa shape index (κ1) is 23.5. The average Bonchev–Trinajstić information content (AvgIpc) is 3.21. The van der Waals surface area contributed by atoms with Crippen LogP contribution < -0.4 is 27.0 Å². The Labute approximate surface area is 192 Å². The predicted molar refractivity (Wildman–Crippen MR) is 126 cm³/mol. The van der Waals surface area contributed by atoms with Gasteiger partial charge in [-0.2, -0.15) is 0 Å². The van der Waals surface area contributed by atoms with Gasteiger partial charge in [0.05, 0.1) is 12.9 Å². The minimum atomic E-state index is -0.697. The smallest absolute Gasteiger partial charge is 0.332 e. The van der Waals surface area contributed by atoms with E-state index in [1.165, 1.54) is 23.0 Å². The van der Waals surface area contributed by atoms with Crippen molar-refractivity contribution < 1.29 is 9.53 Å². The van der Waals surface area contributed by atoms with Crippen LogP contribution in [0.25, 0.3) is 0 Å². The Morgan fingerprint density at radius 3 is 2.56 bits per heavy atom. The first-order valence-electron chi connectivity index (χ1n) is 9.71. The third kappa shape index (κ3) is 5.19. The number of nitrogens with two attached hydrogens (primary N) is 1. The molecule has 0 aliphatic heterocycles. The van der Waals surface area contributed by atoms with Gasteiger partial charge in [0, 0.05) is 19.3 Å². The molecule has 0 saturated heterocycles. The molecule has 12 heteroatoms. The van der Waals surface area contributed by atoms with Crippen LogP contribution in [-0.4, -0.2) is 38.0 Å². The molecular weight excluding hydrogens is 452 g/mol. The zero-order valence-corrected chi connectivity index (χ0v) is 19.7. The molecule has 2 heterocycles. The van der Waals surface area contributed by atoms with Crippen molar-refractivity contribution in [3.05, 3.63) is 50.7 Å². The van der Waals surface area contributed by atoms with Crippen molar-refractivity contribution in [2.75, 3.05) is 23.9 Å². The number of ketones is 1. The Morgan fingerprint density at radius 1 is 1.25 bits per heavy atom. The summed E-state index contributed by atoms with van der Waals surface area (Å²) in [7, 11) is 2.94. The zero-order valence-electron chi connectivity index (χ0n) is 18.1. The van der Waals surface area contributed by atoms with Gasteiger partial charge in [0.2, 0.25) is 5.13 Å². The third-order valence-electron chi connectivity index (χ3n) is 4.48. The van der Waals surface area contributed by atoms with Crippen LogP contribution in [0.4, 0.5) is 16.6 Å². The molecule has 10 nitrogen and oxygen atoms in total. The van der Waals surface area contributed by atoms with Crippen LogP contribution in [0.2, 0.25) is 0 Å². The maximum Gasteiger partial charge on any atom is 0.332 e. The molecule has 0 amide bonds. The highest BCUT2D eigenvalue weighted by atomic mass is 32.2. The maximum absolute atomic E-state index is 12.8. The van der Waals surface area contributed by atoms with Gasteiger partial charge in [-0.25, -0.2) is 4.79 Å². The second-order valence-corrected chi connectivity index (χ2v) is 9.55. The van der Waals surface area contributed by atoms with Gasteiger partial charge < -0.3 is 15.8 Å². The second kappa shape index (κ2) is 10.0. The number of hydrogen-bond acceptors (Lipinski definition) is 10. The Morgan fingerprint density at radius 2 is 1.94 bits per heavy atom. The van der Waals surface area contributed by atoms with Crippen molar-refractivity contribution in [3.63, 3.8) is 0 Å². The van der Waals surface area contributed by atoms with Crippen LogP contribution in [0.3, 0.4) is 0 Å². The lowest BCUT2D eigenvalue weighted by Gasteiger charge is -2.15. The van der Waals surface area contributed by atoms with Crippen LogP contribution in [0.15, 0.2) is 38.2 Å². The van der Waals surface area contributed by atoms with Gasteiger partial charge in [0.25, 0.3) is 5.56 Å². The summed E-state index contributed by atoms with van der Waals surface area (Å²) >= 11 is 2.43. The summed E-state index contributed by atoms with van der Waals surface area (Å²) in [6.45, 7) is 4.14. The number of hydrogen-bond donors (Lipinski definition) is 2. The Bertz CT molecular complexity index is 1230. The number of methoxy groups -OCH3 is 1. The predicted octanol–water partition coefficient (Wildman–Crippen LogP) is 2.36. The third-order valence-corrected chi connectivity index (χ3v) is 6.46. The van der Waals surface area contributed by atoms with E-state index in [9.17, 15) is 14.4 Å². The van der Waals surface area contributed by atoms with Crippen LogP contribution in [0.5, 0.6) is 5.75 Å². The Kier molecular flexibility index (Phi) is 7.36. The highest BCUT2D eigenvalue weighted by Gasteiger charge is 2.22. The van der Waals surface area contributed by atoms with Crippen molar-refractivity contribution in [3.8, 4) is 5.75 Å². The Hall–Kier alpha value is -3.12. The molecule has 1 aromatic carbocycles. The van der Waals surface area contributed by atoms with Crippen LogP contribution in [0, 0.1) is 5.92 Å². The molecule has 0 unspecified atom stereocenters. The number of carbonyl (C=O) groups excluding carboxylic acids is 1. The lowest BCUT2D eigenvalue weighted by molar-refractivity contribution is 0.102. The normalized spacial score (nSPS) is 11.0. The first-order valence-corrected chi connectivity index (χ1v) is 11.5. The molecule has 0 saturated carbocycles. The highest BCUT2D eigenvalue weighted by molar-refractivity contribution is 8.01. The van der Waals surface area contributed by atoms with E-state index in [1.54, 1.807) is 7.11 Å². The fourth-order valence-corrected chi connectivity index (χ4v) is 4.55. The van der Waals surface area contributed by atoms with Gasteiger partial charge in [-0.3, -0.25) is 18.7 Å². The SMILES string of the molecule is COc1ccc(Nc2nnc(SCC(=O)c3c(N)n(CC(C)C)c(=O)n(C)c3=O)s2)cc1. The number of ether oxygens (including phenoxy) is 1. The molecule has 0 atom stereocenters. The molecule has 0 bridgehead atoms. The lowest BCUT2D eigenvalue weighted by atomic mass is 10.2. The molecule has 3 N–H and O–H groups in total. The number of aromatic nitrogens is 4. The molecule has 3 aromatic rings. The highest BCUT2D eigenvalue weighted by Crippen LogP contribution is 2.28. The number of benzene rings is 1. The molecule has 32 heavy (non-hydrogen) atoms. The van der Waals surface area contributed by atoms with Gasteiger partial charge in [0.1, 0.15) is 17.1 Å². The van der Waals surface area contributed by atoms with Crippen LogP contribution >= 0.6 is 23.1 Å². The lowest BCUT2D eigenvalue weighted by Crippen LogP contribution is -2.43. The molecular formula is C20H24N6O4S2. The minimum Gasteiger partial charge on any atom is -0.497 e. The zero-order chi connectivity index (χ0) is 23.4. The molecule has 3 rings (SSSR count). The molecule has 0 spiro atoms. The molecule has 0 fully saturated rings. The van der Waals surface area contributed by atoms with Crippen molar-refractivity contribution in [1.82, 2.24) is 19.3 Å². The number of Topliss-reactive ketones (excluding diaryl/α,β-unsaturated/α-hetero) is 1. The van der Waals surface area contributed by atoms with Crippen molar-refractivity contribution in [2.24, 2.45) is 13.0 Å². The van der Waals surface area contributed by atoms with Gasteiger partial charge in [-0.05, 0) is 30.2 Å². The molecule has 0 aliphatic carbocycles. The van der Waals surface area contributed by atoms with Gasteiger partial charge >= 0.3 is 5.69 Å². The standard InChI is InChI=1S/C20H24N6O4S2/c1-11(2)9-26-16(21)15(17(28)25(3)20(26)29)14(27)10-31-19-24-23-18(32-19)22-12-5-7-13(30-4)8-6-12/h5-8,11H,9-10,21H2,1-4H3,(H,22,23). The largest absolute Gasteiger partial charge is 0.497 e. The topological polar surface area (TPSA) is 134 Å². The molecule has 170 valence electrons. The van der Waals surface area contributed by atoms with Crippen LogP contribution in [-0.2, 0) is 13.6 Å². The fraction of sp³-hybridized carbons (Fsp3) is 0.350. The molecule has 0 radical (unpaired) electrons. The van der Waals surface area contributed by atoms with E-state index in [0.29, 0.717) is 16.0 Å². The summed E-state index contributed by atoms with van der Waals surface area (Å²) < 4.78 is 7.87. The number of thioether (sulfide) groups is 1. The summed E-state index contributed by atoms with van der Waals surface area (Å²) in [6.07, 6.45) is 0. The Balaban J connectivity index is 1.73. The van der Waals surface area contributed by atoms with E-state index in [-0.39, 0.29) is 23.1 Å². The summed E-state index contributed by atoms with van der Waals surface area (Å²) in [5.74, 6) is 0.230. The van der Waals surface area contributed by atoms with Crippen molar-refractivity contribution in [2.45, 2.75) is 24.7 Å². The monoisotopic (exact) mass is 476 g/mol. The van der Waals surface area contributed by atoms with Crippen LogP contribution in [0.1, 0.15) is 24.2 Å². The fourth-order valence-electron chi connectivity index (χ4n) is 2.90. The van der Waals surface area contributed by atoms with Gasteiger partial charge in [0.15, 0.2) is 10.1 Å². The number of rotatable bonds is 9. The number of nitrogen functional groups attached to an aromatic ring is 1. The summed E-state index contributed by atoms with van der Waals surface area (Å²) in [5.41, 5.74) is 5.46. The first-order chi connectivity index (χ1) is 15.2. The maximum atomic E-state index is 12.8. The summed E-state index contributed by atoms with van der Waals surface area (Å²) in [6, 6.07) is 7.34. The van der Waals surface area contributed by atoms with Crippen molar-refractivity contribution in [1.29, 1.82) is 0 Å². The molecule has 0 aliphatic rings. The second-order valence-electron chi connectivity index (χ2n) is 7.35. The van der Waals surface area contributed by atoms with Gasteiger partial charge in [-0.15, -0.1) is 10.2 Å². The molecule has 2 aromatic heterocycles. The van der Waals surface area contributed by atoms with Gasteiger partial charge in [-0.1, -0.05) is 36.9 Å².